The summed E-state index contributed by atoms with van der Waals surface area (Å²) < 4.78 is 5.36. The molecule has 1 heterocycles. The van der Waals surface area contributed by atoms with Gasteiger partial charge in [-0.15, -0.1) is 0 Å². The zero-order chi connectivity index (χ0) is 51.0. The molecule has 2 aromatic rings. The third kappa shape index (κ3) is 20.2. The molecule has 17 N–H and O–H groups in total. The number of para-hydroxylation sites is 1. The van der Waals surface area contributed by atoms with E-state index in [-0.39, 0.29) is 88.2 Å². The molecule has 1 aliphatic rings. The van der Waals surface area contributed by atoms with Crippen molar-refractivity contribution in [1.29, 1.82) is 10.8 Å². The first-order valence-corrected chi connectivity index (χ1v) is 22.6. The third-order valence-corrected chi connectivity index (χ3v) is 10.7. The van der Waals surface area contributed by atoms with Crippen molar-refractivity contribution in [3.8, 4) is 11.5 Å². The maximum Gasteiger partial charge on any atom is 0.264 e. The van der Waals surface area contributed by atoms with E-state index in [0.717, 1.165) is 0 Å². The summed E-state index contributed by atoms with van der Waals surface area (Å²) in [4.78, 5) is 109. The molecule has 24 heteroatoms. The molecule has 378 valence electrons. The van der Waals surface area contributed by atoms with Crippen molar-refractivity contribution in [1.82, 2.24) is 42.1 Å². The zero-order valence-electron chi connectivity index (χ0n) is 38.9. The van der Waals surface area contributed by atoms with E-state index >= 15 is 0 Å². The molecule has 3 rings (SSSR count). The molecule has 0 aromatic heterocycles. The molecule has 2 aromatic carbocycles. The number of benzene rings is 2. The molecule has 1 fully saturated rings. The smallest absolute Gasteiger partial charge is 0.264 e. The lowest BCUT2D eigenvalue weighted by Gasteiger charge is -2.30. The van der Waals surface area contributed by atoms with Crippen LogP contribution in [0.2, 0.25) is 0 Å². The summed E-state index contributed by atoms with van der Waals surface area (Å²) in [5, 5.41) is 52.2. The molecule has 0 spiro atoms. The Balaban J connectivity index is 1.83. The topological polar surface area (TPSA) is 399 Å². The maximum atomic E-state index is 14.3. The van der Waals surface area contributed by atoms with Gasteiger partial charge in [0.1, 0.15) is 41.7 Å². The molecule has 6 atom stereocenters. The highest BCUT2D eigenvalue weighted by Crippen LogP contribution is 2.22. The van der Waals surface area contributed by atoms with E-state index in [1.54, 1.807) is 44.2 Å². The normalized spacial score (nSPS) is 15.3. The van der Waals surface area contributed by atoms with Gasteiger partial charge in [0.25, 0.3) is 5.91 Å². The van der Waals surface area contributed by atoms with Gasteiger partial charge in [0.05, 0.1) is 19.1 Å². The fourth-order valence-electron chi connectivity index (χ4n) is 7.29. The minimum absolute atomic E-state index is 0.00306. The number of carbonyl (C=O) groups excluding carboxylic acids is 8. The first-order valence-electron chi connectivity index (χ1n) is 22.6. The Hall–Kier alpha value is -7.34. The van der Waals surface area contributed by atoms with E-state index in [2.05, 4.69) is 37.2 Å². The minimum atomic E-state index is -1.37. The summed E-state index contributed by atoms with van der Waals surface area (Å²) in [6.45, 7) is 2.77. The van der Waals surface area contributed by atoms with Crippen molar-refractivity contribution in [3.63, 3.8) is 0 Å². The van der Waals surface area contributed by atoms with Crippen molar-refractivity contribution in [2.24, 2.45) is 23.1 Å². The zero-order valence-corrected chi connectivity index (χ0v) is 38.9. The molecule has 0 aliphatic carbocycles. The van der Waals surface area contributed by atoms with Crippen molar-refractivity contribution in [2.75, 3.05) is 32.8 Å². The van der Waals surface area contributed by atoms with E-state index in [9.17, 15) is 48.6 Å². The Morgan fingerprint density at radius 3 is 1.90 bits per heavy atom. The van der Waals surface area contributed by atoms with Gasteiger partial charge in [0, 0.05) is 26.1 Å². The number of rotatable bonds is 28. The number of guanidine groups is 2. The summed E-state index contributed by atoms with van der Waals surface area (Å²) in [6, 6.07) is 6.59. The number of phenolic OH excluding ortho intramolecular Hbond substituents is 1. The maximum absolute atomic E-state index is 14.3. The Kier molecular flexibility index (Phi) is 23.3. The Labute approximate surface area is 400 Å². The number of hydrogen-bond donors (Lipinski definition) is 14. The molecular weight excluding hydrogens is 899 g/mol. The number of aliphatic hydroxyl groups excluding tert-OH is 1. The van der Waals surface area contributed by atoms with Crippen LogP contribution in [0.3, 0.4) is 0 Å². The number of imide groups is 1. The standard InChI is InChI=1S/C45H67N13O11/c1-26(2)21-33(56-40(65)31(11-6-18-51-44(47)48)53-42(67)34(55-39(64)30(46)24-59)22-27-14-16-28(60)17-15-27)41(66)54-32(12-7-19-52-45(49)50)43(68)58-20-8-13-35(58)36(61)23-37(62)57-38(63)25-69-29-9-4-3-5-10-29/h3-5,9-10,14-17,26,30-35,59-60H,6-8,11-13,18-25,46H2,1-2H3,(H,53,67)(H,54,66)(H,55,64)(H,56,65)(H4,47,48,51)(H4,49,50,52)(H,57,62,63)/t30-,31+,32-,33-,34-,35-/m0/s1. The highest BCUT2D eigenvalue weighted by atomic mass is 16.5. The number of carbonyl (C=O) groups is 8. The van der Waals surface area contributed by atoms with Crippen LogP contribution in [-0.4, -0.2) is 143 Å². The lowest BCUT2D eigenvalue weighted by Crippen LogP contribution is -2.60. The lowest BCUT2D eigenvalue weighted by molar-refractivity contribution is -0.143. The fraction of sp³-hybridized carbons (Fsp3) is 0.511. The summed E-state index contributed by atoms with van der Waals surface area (Å²) in [5.41, 5.74) is 17.1. The van der Waals surface area contributed by atoms with Gasteiger partial charge in [0.15, 0.2) is 24.3 Å². The fourth-order valence-corrected chi connectivity index (χ4v) is 7.29. The average Bonchev–Trinajstić information content (AvgIpc) is 3.80. The Morgan fingerprint density at radius 1 is 0.754 bits per heavy atom. The number of phenols is 1. The largest absolute Gasteiger partial charge is 0.508 e. The van der Waals surface area contributed by atoms with Crippen LogP contribution in [0, 0.1) is 16.7 Å². The van der Waals surface area contributed by atoms with Crippen LogP contribution < -0.4 is 59.2 Å². The van der Waals surface area contributed by atoms with Gasteiger partial charge in [-0.25, -0.2) is 0 Å². The number of ketones is 1. The summed E-state index contributed by atoms with van der Waals surface area (Å²) >= 11 is 0. The third-order valence-electron chi connectivity index (χ3n) is 10.7. The van der Waals surface area contributed by atoms with Crippen molar-refractivity contribution in [3.05, 3.63) is 60.2 Å². The molecule has 0 radical (unpaired) electrons. The predicted octanol–water partition coefficient (Wildman–Crippen LogP) is -2.56. The van der Waals surface area contributed by atoms with Gasteiger partial charge in [-0.05, 0) is 80.7 Å². The van der Waals surface area contributed by atoms with Crippen molar-refractivity contribution < 1.29 is 53.3 Å². The number of aliphatic hydroxyl groups is 1. The van der Waals surface area contributed by atoms with Gasteiger partial charge in [-0.1, -0.05) is 44.2 Å². The molecule has 1 aliphatic heterocycles. The van der Waals surface area contributed by atoms with Crippen molar-refractivity contribution in [2.45, 2.75) is 108 Å². The number of likely N-dealkylation sites (tertiary alicyclic amines) is 1. The van der Waals surface area contributed by atoms with Gasteiger partial charge < -0.3 is 69.0 Å². The number of nitrogens with zero attached hydrogens (tertiary/aromatic N) is 1. The van der Waals surface area contributed by atoms with Gasteiger partial charge in [0.2, 0.25) is 35.4 Å². The van der Waals surface area contributed by atoms with Gasteiger partial charge in [-0.2, -0.15) is 0 Å². The number of ether oxygens (including phenoxy) is 1. The van der Waals surface area contributed by atoms with E-state index in [4.69, 9.17) is 32.8 Å². The molecule has 0 bridgehead atoms. The van der Waals surface area contributed by atoms with Crippen LogP contribution in [0.4, 0.5) is 0 Å². The Morgan fingerprint density at radius 2 is 1.30 bits per heavy atom. The van der Waals surface area contributed by atoms with Crippen LogP contribution in [0.5, 0.6) is 11.5 Å². The average molecular weight is 966 g/mol. The van der Waals surface area contributed by atoms with Crippen molar-refractivity contribution >= 4 is 59.1 Å². The SMILES string of the molecule is CC(C)C[C@H](NC(=O)[C@@H](CCCNC(=N)N)NC(=O)[C@H](Cc1ccc(O)cc1)NC(=O)[C@@H](N)CO)C(=O)N[C@@H](CCCNC(=N)N)C(=O)N1CCC[C@H]1C(=O)CC(=O)NC(=O)COc1ccccc1. The quantitative estimate of drug-likeness (QED) is 0.0181. The highest BCUT2D eigenvalue weighted by Gasteiger charge is 2.39. The van der Waals surface area contributed by atoms with Gasteiger partial charge >= 0.3 is 0 Å². The number of nitrogens with one attached hydrogen (secondary N) is 9. The Bertz CT molecular complexity index is 2090. The number of Topliss-reactive ketones (excluding diaryl/α,β-unsaturated/α-hetero) is 1. The molecule has 0 unspecified atom stereocenters. The van der Waals surface area contributed by atoms with E-state index in [1.807, 2.05) is 0 Å². The summed E-state index contributed by atoms with van der Waals surface area (Å²) in [6.07, 6.45) is 0.188. The van der Waals surface area contributed by atoms with E-state index < -0.39 is 103 Å². The molecule has 0 saturated carbocycles. The van der Waals surface area contributed by atoms with Gasteiger partial charge in [-0.3, -0.25) is 54.5 Å². The van der Waals surface area contributed by atoms with Crippen LogP contribution in [0.25, 0.3) is 0 Å². The second kappa shape index (κ2) is 28.7. The summed E-state index contributed by atoms with van der Waals surface area (Å²) in [7, 11) is 0. The molecular formula is C45H67N13O11. The van der Waals surface area contributed by atoms with E-state index in [0.29, 0.717) is 17.7 Å². The lowest BCUT2D eigenvalue weighted by atomic mass is 10.00. The monoisotopic (exact) mass is 966 g/mol. The highest BCUT2D eigenvalue weighted by molar-refractivity contribution is 6.07. The molecule has 1 saturated heterocycles. The molecule has 24 nitrogen and oxygen atoms in total. The number of nitrogens with two attached hydrogens (primary N) is 3. The number of aromatic hydroxyl groups is 1. The van der Waals surface area contributed by atoms with E-state index in [1.165, 1.54) is 29.2 Å². The summed E-state index contributed by atoms with van der Waals surface area (Å²) in [5.74, 6) is -6.70. The number of amides is 7. The van der Waals surface area contributed by atoms with Crippen LogP contribution >= 0.6 is 0 Å². The first-order chi connectivity index (χ1) is 32.8. The number of hydrogen-bond acceptors (Lipinski definition) is 14. The first kappa shape index (κ1) is 56.0. The molecule has 7 amide bonds. The molecule has 69 heavy (non-hydrogen) atoms. The minimum Gasteiger partial charge on any atom is -0.508 e. The second-order valence-electron chi connectivity index (χ2n) is 16.9. The predicted molar refractivity (Wildman–Crippen MR) is 252 cm³/mol. The van der Waals surface area contributed by atoms with Crippen LogP contribution in [0.1, 0.15) is 70.8 Å². The second-order valence-corrected chi connectivity index (χ2v) is 16.9. The van der Waals surface area contributed by atoms with Crippen LogP contribution in [0.15, 0.2) is 54.6 Å². The van der Waals surface area contributed by atoms with Crippen LogP contribution in [-0.2, 0) is 44.8 Å².